The van der Waals surface area contributed by atoms with Crippen molar-refractivity contribution in [2.75, 3.05) is 10.6 Å². The Kier molecular flexibility index (Phi) is 4.00. The highest BCUT2D eigenvalue weighted by atomic mass is 16.2. The molecule has 3 N–H and O–H groups in total. The van der Waals surface area contributed by atoms with Gasteiger partial charge in [0.25, 0.3) is 0 Å². The van der Waals surface area contributed by atoms with Crippen molar-refractivity contribution in [2.45, 2.75) is 25.4 Å². The van der Waals surface area contributed by atoms with Crippen molar-refractivity contribution in [1.82, 2.24) is 10.3 Å². The van der Waals surface area contributed by atoms with Crippen molar-refractivity contribution >= 4 is 17.5 Å². The molecule has 5 nitrogen and oxygen atoms in total. The van der Waals surface area contributed by atoms with Gasteiger partial charge in [0.05, 0.1) is 11.9 Å². The maximum absolute atomic E-state index is 11.6. The summed E-state index contributed by atoms with van der Waals surface area (Å²) in [4.78, 5) is 15.8. The van der Waals surface area contributed by atoms with E-state index in [0.29, 0.717) is 11.9 Å². The molecular weight excluding hydrogens is 264 g/mol. The van der Waals surface area contributed by atoms with E-state index < -0.39 is 0 Å². The molecular formula is C16H18N4O. The van der Waals surface area contributed by atoms with Gasteiger partial charge < -0.3 is 10.6 Å². The fourth-order valence-electron chi connectivity index (χ4n) is 1.94. The number of amides is 2. The Morgan fingerprint density at radius 2 is 1.95 bits per heavy atom. The summed E-state index contributed by atoms with van der Waals surface area (Å²) >= 11 is 0. The largest absolute Gasteiger partial charge is 0.380 e. The molecule has 0 aliphatic heterocycles. The van der Waals surface area contributed by atoms with E-state index in [4.69, 9.17) is 0 Å². The van der Waals surface area contributed by atoms with E-state index in [1.807, 2.05) is 24.3 Å². The van der Waals surface area contributed by atoms with Crippen LogP contribution in [0.2, 0.25) is 0 Å². The highest BCUT2D eigenvalue weighted by Gasteiger charge is 2.23. The molecule has 1 heterocycles. The van der Waals surface area contributed by atoms with Crippen molar-refractivity contribution in [3.63, 3.8) is 0 Å². The highest BCUT2D eigenvalue weighted by Crippen LogP contribution is 2.18. The van der Waals surface area contributed by atoms with Crippen LogP contribution in [-0.4, -0.2) is 17.1 Å². The van der Waals surface area contributed by atoms with Gasteiger partial charge in [-0.2, -0.15) is 0 Å². The molecule has 1 saturated carbocycles. The molecule has 1 aliphatic carbocycles. The maximum Gasteiger partial charge on any atom is 0.320 e. The molecule has 2 aromatic rings. The van der Waals surface area contributed by atoms with Crippen LogP contribution in [0.25, 0.3) is 0 Å². The number of hydrogen-bond donors (Lipinski definition) is 3. The molecule has 1 fully saturated rings. The van der Waals surface area contributed by atoms with Gasteiger partial charge in [0.1, 0.15) is 5.82 Å². The lowest BCUT2D eigenvalue weighted by Gasteiger charge is -2.08. The predicted molar refractivity (Wildman–Crippen MR) is 83.2 cm³/mol. The van der Waals surface area contributed by atoms with E-state index in [2.05, 4.69) is 33.1 Å². The molecule has 0 radical (unpaired) electrons. The average Bonchev–Trinajstić information content (AvgIpc) is 3.31. The van der Waals surface area contributed by atoms with Crippen molar-refractivity contribution in [3.05, 3.63) is 54.2 Å². The summed E-state index contributed by atoms with van der Waals surface area (Å²) in [6, 6.07) is 14.0. The van der Waals surface area contributed by atoms with Crippen LogP contribution in [0.5, 0.6) is 0 Å². The molecule has 0 saturated heterocycles. The zero-order valence-corrected chi connectivity index (χ0v) is 11.7. The van der Waals surface area contributed by atoms with E-state index in [1.54, 1.807) is 12.3 Å². The quantitative estimate of drug-likeness (QED) is 0.790. The van der Waals surface area contributed by atoms with Gasteiger partial charge in [0, 0.05) is 12.6 Å². The zero-order chi connectivity index (χ0) is 14.5. The second kappa shape index (κ2) is 6.26. The monoisotopic (exact) mass is 282 g/mol. The molecule has 108 valence electrons. The summed E-state index contributed by atoms with van der Waals surface area (Å²) in [6.45, 7) is 0.747. The van der Waals surface area contributed by atoms with Gasteiger partial charge >= 0.3 is 6.03 Å². The van der Waals surface area contributed by atoms with E-state index in [1.165, 1.54) is 5.56 Å². The summed E-state index contributed by atoms with van der Waals surface area (Å²) in [5, 5.41) is 8.88. The second-order valence-electron chi connectivity index (χ2n) is 5.14. The summed E-state index contributed by atoms with van der Waals surface area (Å²) in [5.74, 6) is 0.554. The Morgan fingerprint density at radius 3 is 2.62 bits per heavy atom. The van der Waals surface area contributed by atoms with Crippen LogP contribution in [0.4, 0.5) is 16.3 Å². The standard InChI is InChI=1S/C16H18N4O/c21-16(19-13-6-7-13)20-15-9-8-14(11-18-15)17-10-12-4-2-1-3-5-12/h1-5,8-9,11,13,17H,6-7,10H2,(H2,18,19,20,21). The fraction of sp³-hybridized carbons (Fsp3) is 0.250. The third kappa shape index (κ3) is 4.21. The summed E-state index contributed by atoms with van der Waals surface area (Å²) in [6.07, 6.45) is 3.86. The van der Waals surface area contributed by atoms with Gasteiger partial charge in [-0.15, -0.1) is 0 Å². The molecule has 0 bridgehead atoms. The molecule has 0 unspecified atom stereocenters. The minimum absolute atomic E-state index is 0.185. The third-order valence-electron chi connectivity index (χ3n) is 3.26. The number of urea groups is 1. The first-order valence-electron chi connectivity index (χ1n) is 7.11. The number of aromatic nitrogens is 1. The van der Waals surface area contributed by atoms with E-state index >= 15 is 0 Å². The number of anilines is 2. The Balaban J connectivity index is 1.50. The number of pyridine rings is 1. The van der Waals surface area contributed by atoms with Crippen molar-refractivity contribution in [3.8, 4) is 0 Å². The Bertz CT molecular complexity index is 593. The van der Waals surface area contributed by atoms with Gasteiger partial charge in [-0.05, 0) is 30.5 Å². The normalized spacial score (nSPS) is 13.5. The predicted octanol–water partition coefficient (Wildman–Crippen LogP) is 2.98. The van der Waals surface area contributed by atoms with Crippen molar-refractivity contribution < 1.29 is 4.79 Å². The summed E-state index contributed by atoms with van der Waals surface area (Å²) < 4.78 is 0. The van der Waals surface area contributed by atoms with Crippen LogP contribution in [-0.2, 0) is 6.54 Å². The lowest BCUT2D eigenvalue weighted by molar-refractivity contribution is 0.251. The maximum atomic E-state index is 11.6. The first kappa shape index (κ1) is 13.4. The Morgan fingerprint density at radius 1 is 1.14 bits per heavy atom. The Labute approximate surface area is 123 Å². The van der Waals surface area contributed by atoms with Gasteiger partial charge in [0.15, 0.2) is 0 Å². The Hall–Kier alpha value is -2.56. The molecule has 0 atom stereocenters. The van der Waals surface area contributed by atoms with Crippen LogP contribution in [0.1, 0.15) is 18.4 Å². The number of nitrogens with one attached hydrogen (secondary N) is 3. The molecule has 5 heteroatoms. The van der Waals surface area contributed by atoms with Crippen LogP contribution >= 0.6 is 0 Å². The van der Waals surface area contributed by atoms with Crippen LogP contribution < -0.4 is 16.0 Å². The average molecular weight is 282 g/mol. The molecule has 0 spiro atoms. The van der Waals surface area contributed by atoms with Crippen LogP contribution in [0.3, 0.4) is 0 Å². The number of nitrogens with zero attached hydrogens (tertiary/aromatic N) is 1. The molecule has 2 amide bonds. The molecule has 1 aliphatic rings. The number of carbonyl (C=O) groups is 1. The topological polar surface area (TPSA) is 66.0 Å². The van der Waals surface area contributed by atoms with Gasteiger partial charge in [-0.3, -0.25) is 5.32 Å². The van der Waals surface area contributed by atoms with Crippen molar-refractivity contribution in [1.29, 1.82) is 0 Å². The molecule has 21 heavy (non-hydrogen) atoms. The minimum Gasteiger partial charge on any atom is -0.380 e. The molecule has 1 aromatic heterocycles. The van der Waals surface area contributed by atoms with E-state index in [9.17, 15) is 4.79 Å². The minimum atomic E-state index is -0.185. The van der Waals surface area contributed by atoms with Gasteiger partial charge in [-0.25, -0.2) is 9.78 Å². The molecule has 3 rings (SSSR count). The first-order valence-corrected chi connectivity index (χ1v) is 7.11. The number of carbonyl (C=O) groups excluding carboxylic acids is 1. The first-order chi connectivity index (χ1) is 10.3. The lowest BCUT2D eigenvalue weighted by atomic mass is 10.2. The van der Waals surface area contributed by atoms with Crippen LogP contribution in [0, 0.1) is 0 Å². The summed E-state index contributed by atoms with van der Waals surface area (Å²) in [7, 11) is 0. The zero-order valence-electron chi connectivity index (χ0n) is 11.7. The number of rotatable bonds is 5. The van der Waals surface area contributed by atoms with E-state index in [-0.39, 0.29) is 6.03 Å². The summed E-state index contributed by atoms with van der Waals surface area (Å²) in [5.41, 5.74) is 2.13. The number of hydrogen-bond acceptors (Lipinski definition) is 3. The fourth-order valence-corrected chi connectivity index (χ4v) is 1.94. The van der Waals surface area contributed by atoms with Crippen LogP contribution in [0.15, 0.2) is 48.7 Å². The van der Waals surface area contributed by atoms with Gasteiger partial charge in [-0.1, -0.05) is 30.3 Å². The lowest BCUT2D eigenvalue weighted by Crippen LogP contribution is -2.30. The second-order valence-corrected chi connectivity index (χ2v) is 5.14. The molecule has 1 aromatic carbocycles. The number of benzene rings is 1. The third-order valence-corrected chi connectivity index (χ3v) is 3.26. The highest BCUT2D eigenvalue weighted by molar-refractivity contribution is 5.88. The van der Waals surface area contributed by atoms with Gasteiger partial charge in [0.2, 0.25) is 0 Å². The SMILES string of the molecule is O=C(Nc1ccc(NCc2ccccc2)cn1)NC1CC1. The van der Waals surface area contributed by atoms with Crippen molar-refractivity contribution in [2.24, 2.45) is 0 Å². The van der Waals surface area contributed by atoms with E-state index in [0.717, 1.165) is 25.1 Å². The smallest absolute Gasteiger partial charge is 0.320 e.